The summed E-state index contributed by atoms with van der Waals surface area (Å²) in [7, 11) is 2.99. The quantitative estimate of drug-likeness (QED) is 0.611. The van der Waals surface area contributed by atoms with Crippen LogP contribution in [-0.4, -0.2) is 41.2 Å². The molecule has 1 N–H and O–H groups in total. The van der Waals surface area contributed by atoms with Crippen molar-refractivity contribution in [1.29, 1.82) is 0 Å². The zero-order valence-electron chi connectivity index (χ0n) is 17.8. The lowest BCUT2D eigenvalue weighted by molar-refractivity contribution is -0.137. The summed E-state index contributed by atoms with van der Waals surface area (Å²) in [5, 5.41) is 2.91. The second-order valence-electron chi connectivity index (χ2n) is 7.23. The predicted octanol–water partition coefficient (Wildman–Crippen LogP) is 4.29. The van der Waals surface area contributed by atoms with Gasteiger partial charge in [-0.1, -0.05) is 18.2 Å². The van der Waals surface area contributed by atoms with Gasteiger partial charge in [0.05, 0.1) is 35.7 Å². The molecule has 1 atom stereocenters. The van der Waals surface area contributed by atoms with Crippen molar-refractivity contribution in [2.45, 2.75) is 25.7 Å². The number of halogens is 3. The summed E-state index contributed by atoms with van der Waals surface area (Å²) >= 11 is 0. The Kier molecular flexibility index (Phi) is 6.83. The molecular formula is C22H23F3N4O3. The van der Waals surface area contributed by atoms with Gasteiger partial charge in [0.25, 0.3) is 5.56 Å². The lowest BCUT2D eigenvalue weighted by atomic mass is 10.2. The van der Waals surface area contributed by atoms with Gasteiger partial charge in [-0.05, 0) is 37.3 Å². The molecule has 0 aliphatic heterocycles. The first-order valence-corrected chi connectivity index (χ1v) is 9.83. The Morgan fingerprint density at radius 3 is 2.62 bits per heavy atom. The summed E-state index contributed by atoms with van der Waals surface area (Å²) in [4.78, 5) is 31.6. The Hall–Kier alpha value is -3.40. The summed E-state index contributed by atoms with van der Waals surface area (Å²) in [5.41, 5.74) is -0.636. The molecule has 0 spiro atoms. The third kappa shape index (κ3) is 4.91. The summed E-state index contributed by atoms with van der Waals surface area (Å²) in [6.07, 6.45) is -4.52. The lowest BCUT2D eigenvalue weighted by Gasteiger charge is -2.27. The van der Waals surface area contributed by atoms with Crippen molar-refractivity contribution in [3.63, 3.8) is 0 Å². The van der Waals surface area contributed by atoms with Crippen LogP contribution in [0.4, 0.5) is 23.7 Å². The lowest BCUT2D eigenvalue weighted by Crippen LogP contribution is -2.38. The molecule has 0 saturated carbocycles. The second kappa shape index (κ2) is 9.39. The van der Waals surface area contributed by atoms with E-state index in [-0.39, 0.29) is 24.4 Å². The highest BCUT2D eigenvalue weighted by atomic mass is 19.4. The van der Waals surface area contributed by atoms with Crippen LogP contribution in [0.2, 0.25) is 0 Å². The minimum atomic E-state index is -4.52. The number of hydrogen-bond donors (Lipinski definition) is 1. The van der Waals surface area contributed by atoms with Crippen molar-refractivity contribution in [3.05, 3.63) is 70.3 Å². The molecule has 0 radical (unpaired) electrons. The number of para-hydroxylation sites is 1. The number of ether oxygens (including phenoxy) is 1. The average Bonchev–Trinajstić information content (AvgIpc) is 2.77. The van der Waals surface area contributed by atoms with Gasteiger partial charge in [-0.3, -0.25) is 9.36 Å². The molecule has 7 nitrogen and oxygen atoms in total. The van der Waals surface area contributed by atoms with Crippen LogP contribution in [0, 0.1) is 0 Å². The van der Waals surface area contributed by atoms with Crippen LogP contribution in [-0.2, 0) is 17.5 Å². The molecule has 1 aromatic heterocycles. The van der Waals surface area contributed by atoms with E-state index in [2.05, 4.69) is 10.3 Å². The highest BCUT2D eigenvalue weighted by molar-refractivity contribution is 5.89. The van der Waals surface area contributed by atoms with E-state index in [9.17, 15) is 22.8 Å². The zero-order valence-corrected chi connectivity index (χ0v) is 17.8. The van der Waals surface area contributed by atoms with Crippen molar-refractivity contribution < 1.29 is 22.7 Å². The van der Waals surface area contributed by atoms with Crippen LogP contribution in [0.1, 0.15) is 24.4 Å². The first-order chi connectivity index (χ1) is 15.1. The van der Waals surface area contributed by atoms with E-state index in [1.54, 1.807) is 31.2 Å². The van der Waals surface area contributed by atoms with Gasteiger partial charge in [0.2, 0.25) is 0 Å². The van der Waals surface area contributed by atoms with E-state index in [4.69, 9.17) is 4.74 Å². The second-order valence-corrected chi connectivity index (χ2v) is 7.23. The number of aromatic nitrogens is 2. The number of hydrogen-bond acceptors (Lipinski definition) is 4. The number of benzene rings is 2. The maximum Gasteiger partial charge on any atom is 0.416 e. The van der Waals surface area contributed by atoms with Crippen LogP contribution in [0.15, 0.2) is 53.3 Å². The van der Waals surface area contributed by atoms with Crippen LogP contribution >= 0.6 is 0 Å². The monoisotopic (exact) mass is 448 g/mol. The predicted molar refractivity (Wildman–Crippen MR) is 115 cm³/mol. The van der Waals surface area contributed by atoms with Gasteiger partial charge in [0.1, 0.15) is 5.82 Å². The summed E-state index contributed by atoms with van der Waals surface area (Å²) in [6.45, 7) is 2.18. The molecule has 0 saturated heterocycles. The van der Waals surface area contributed by atoms with E-state index in [0.717, 1.165) is 12.1 Å². The number of nitrogens with one attached hydrogen (secondary N) is 1. The maximum atomic E-state index is 13.0. The highest BCUT2D eigenvalue weighted by Gasteiger charge is 2.31. The van der Waals surface area contributed by atoms with E-state index < -0.39 is 23.8 Å². The average molecular weight is 448 g/mol. The van der Waals surface area contributed by atoms with Gasteiger partial charge in [0.15, 0.2) is 0 Å². The smallest absolute Gasteiger partial charge is 0.383 e. The molecule has 0 fully saturated rings. The fourth-order valence-electron chi connectivity index (χ4n) is 3.24. The molecule has 0 bridgehead atoms. The number of alkyl halides is 3. The molecule has 2 amide bonds. The Bertz CT molecular complexity index is 1180. The molecule has 170 valence electrons. The number of fused-ring (bicyclic) bond motifs is 1. The van der Waals surface area contributed by atoms with E-state index in [1.807, 2.05) is 0 Å². The van der Waals surface area contributed by atoms with E-state index in [1.165, 1.54) is 35.8 Å². The van der Waals surface area contributed by atoms with Gasteiger partial charge in [-0.2, -0.15) is 13.2 Å². The highest BCUT2D eigenvalue weighted by Crippen LogP contribution is 2.31. The molecule has 10 heteroatoms. The van der Waals surface area contributed by atoms with Crippen LogP contribution in [0.5, 0.6) is 0 Å². The third-order valence-electron chi connectivity index (χ3n) is 5.13. The number of rotatable bonds is 6. The molecule has 2 aromatic carbocycles. The number of urea groups is 1. The third-order valence-corrected chi connectivity index (χ3v) is 5.13. The Labute approximate surface area is 182 Å². The number of amides is 2. The standard InChI is InChI=1S/C22H23F3N4O3/c1-14(28(2)21(31)26-16-8-6-7-15(13-16)22(23,24)25)19-27-18-10-5-4-9-17(18)20(30)29(19)11-12-32-3/h4-10,13-14H,11-12H2,1-3H3,(H,26,31). The zero-order chi connectivity index (χ0) is 23.5. The number of methoxy groups -OCH3 is 1. The first-order valence-electron chi connectivity index (χ1n) is 9.83. The van der Waals surface area contributed by atoms with Gasteiger partial charge in [0, 0.05) is 19.8 Å². The maximum absolute atomic E-state index is 13.0. The largest absolute Gasteiger partial charge is 0.416 e. The molecule has 1 heterocycles. The van der Waals surface area contributed by atoms with E-state index >= 15 is 0 Å². The van der Waals surface area contributed by atoms with E-state index in [0.29, 0.717) is 16.7 Å². The van der Waals surface area contributed by atoms with Crippen molar-refractivity contribution in [2.24, 2.45) is 0 Å². The molecule has 3 aromatic rings. The van der Waals surface area contributed by atoms with Crippen molar-refractivity contribution >= 4 is 22.6 Å². The first kappa shape index (κ1) is 23.3. The Morgan fingerprint density at radius 1 is 1.22 bits per heavy atom. The van der Waals surface area contributed by atoms with Gasteiger partial charge >= 0.3 is 12.2 Å². The van der Waals surface area contributed by atoms with Crippen LogP contribution in [0.3, 0.4) is 0 Å². The summed E-state index contributed by atoms with van der Waals surface area (Å²) < 4.78 is 45.4. The topological polar surface area (TPSA) is 76.5 Å². The van der Waals surface area contributed by atoms with Crippen LogP contribution < -0.4 is 10.9 Å². The molecule has 3 rings (SSSR count). The molecule has 0 aliphatic rings. The molecule has 32 heavy (non-hydrogen) atoms. The summed E-state index contributed by atoms with van der Waals surface area (Å²) in [6, 6.07) is 9.95. The number of anilines is 1. The van der Waals surface area contributed by atoms with Crippen LogP contribution in [0.25, 0.3) is 10.9 Å². The van der Waals surface area contributed by atoms with Crippen molar-refractivity contribution in [1.82, 2.24) is 14.5 Å². The molecule has 1 unspecified atom stereocenters. The van der Waals surface area contributed by atoms with Crippen molar-refractivity contribution in [2.75, 3.05) is 26.1 Å². The van der Waals surface area contributed by atoms with Gasteiger partial charge < -0.3 is 15.0 Å². The normalized spacial score (nSPS) is 12.6. The Morgan fingerprint density at radius 2 is 1.94 bits per heavy atom. The fraction of sp³-hybridized carbons (Fsp3) is 0.318. The number of carbonyl (C=O) groups is 1. The summed E-state index contributed by atoms with van der Waals surface area (Å²) in [5.74, 6) is 0.340. The SMILES string of the molecule is COCCn1c(C(C)N(C)C(=O)Nc2cccc(C(F)(F)F)c2)nc2ccccc2c1=O. The minimum Gasteiger partial charge on any atom is -0.383 e. The molecular weight excluding hydrogens is 425 g/mol. The van der Waals surface area contributed by atoms with Gasteiger partial charge in [-0.25, -0.2) is 9.78 Å². The number of carbonyl (C=O) groups excluding carboxylic acids is 1. The van der Waals surface area contributed by atoms with Crippen molar-refractivity contribution in [3.8, 4) is 0 Å². The minimum absolute atomic E-state index is 0.00659. The Balaban J connectivity index is 1.91. The van der Waals surface area contributed by atoms with Gasteiger partial charge in [-0.15, -0.1) is 0 Å². The molecule has 0 aliphatic carbocycles. The number of nitrogens with zero attached hydrogens (tertiary/aromatic N) is 3. The fourth-order valence-corrected chi connectivity index (χ4v) is 3.24.